The summed E-state index contributed by atoms with van der Waals surface area (Å²) >= 11 is 0. The van der Waals surface area contributed by atoms with Crippen molar-refractivity contribution in [1.82, 2.24) is 4.98 Å². The number of nitrogens with zero attached hydrogens (tertiary/aromatic N) is 1. The SMILES string of the molecule is Cc1ccc(OCc2cc(F)cc(F)c2)c(N)n1. The van der Waals surface area contributed by atoms with E-state index >= 15 is 0 Å². The van der Waals surface area contributed by atoms with E-state index < -0.39 is 11.6 Å². The molecule has 0 atom stereocenters. The zero-order valence-corrected chi connectivity index (χ0v) is 9.78. The summed E-state index contributed by atoms with van der Waals surface area (Å²) in [7, 11) is 0. The number of hydrogen-bond donors (Lipinski definition) is 1. The molecule has 0 radical (unpaired) electrons. The zero-order chi connectivity index (χ0) is 13.1. The van der Waals surface area contributed by atoms with Crippen LogP contribution < -0.4 is 10.5 Å². The monoisotopic (exact) mass is 250 g/mol. The fourth-order valence-corrected chi connectivity index (χ4v) is 1.54. The van der Waals surface area contributed by atoms with Gasteiger partial charge in [-0.2, -0.15) is 0 Å². The number of ether oxygens (including phenoxy) is 1. The number of nitrogen functional groups attached to an aromatic ring is 1. The van der Waals surface area contributed by atoms with Gasteiger partial charge in [-0.05, 0) is 36.8 Å². The molecule has 5 heteroatoms. The third-order valence-corrected chi connectivity index (χ3v) is 2.34. The van der Waals surface area contributed by atoms with E-state index in [-0.39, 0.29) is 12.4 Å². The van der Waals surface area contributed by atoms with Gasteiger partial charge < -0.3 is 10.5 Å². The normalized spacial score (nSPS) is 10.4. The number of benzene rings is 1. The van der Waals surface area contributed by atoms with Crippen LogP contribution >= 0.6 is 0 Å². The Morgan fingerprint density at radius 2 is 1.83 bits per heavy atom. The Bertz CT molecular complexity index is 553. The van der Waals surface area contributed by atoms with Crippen molar-refractivity contribution >= 4 is 5.82 Å². The Hall–Kier alpha value is -2.17. The van der Waals surface area contributed by atoms with E-state index in [4.69, 9.17) is 10.5 Å². The molecule has 0 aliphatic carbocycles. The van der Waals surface area contributed by atoms with Gasteiger partial charge in [-0.25, -0.2) is 13.8 Å². The predicted molar refractivity (Wildman–Crippen MR) is 64.1 cm³/mol. The number of nitrogens with two attached hydrogens (primary N) is 1. The summed E-state index contributed by atoms with van der Waals surface area (Å²) in [6.45, 7) is 1.84. The van der Waals surface area contributed by atoms with E-state index in [0.717, 1.165) is 11.8 Å². The highest BCUT2D eigenvalue weighted by Crippen LogP contribution is 2.20. The first-order chi connectivity index (χ1) is 8.54. The van der Waals surface area contributed by atoms with Crippen LogP contribution in [0, 0.1) is 18.6 Å². The average Bonchev–Trinajstić information content (AvgIpc) is 2.26. The van der Waals surface area contributed by atoms with Crippen molar-refractivity contribution in [2.75, 3.05) is 5.73 Å². The highest BCUT2D eigenvalue weighted by atomic mass is 19.1. The van der Waals surface area contributed by atoms with E-state index in [0.29, 0.717) is 11.3 Å². The summed E-state index contributed by atoms with van der Waals surface area (Å²) < 4.78 is 31.3. The molecule has 1 aromatic carbocycles. The van der Waals surface area contributed by atoms with E-state index in [1.807, 2.05) is 6.92 Å². The number of halogens is 2. The van der Waals surface area contributed by atoms with Crippen LogP contribution in [-0.4, -0.2) is 4.98 Å². The molecule has 1 aromatic heterocycles. The molecule has 1 heterocycles. The molecule has 3 nitrogen and oxygen atoms in total. The summed E-state index contributed by atoms with van der Waals surface area (Å²) in [5.74, 6) is -0.621. The van der Waals surface area contributed by atoms with E-state index in [1.165, 1.54) is 12.1 Å². The predicted octanol–water partition coefficient (Wildman–Crippen LogP) is 2.83. The molecule has 0 amide bonds. The van der Waals surface area contributed by atoms with Gasteiger partial charge in [0.1, 0.15) is 18.2 Å². The Kier molecular flexibility index (Phi) is 3.41. The molecule has 0 unspecified atom stereocenters. The van der Waals surface area contributed by atoms with Crippen LogP contribution in [0.4, 0.5) is 14.6 Å². The standard InChI is InChI=1S/C13H12F2N2O/c1-8-2-3-12(13(16)17-8)18-7-9-4-10(14)6-11(15)5-9/h2-6H,7H2,1H3,(H2,16,17). The van der Waals surface area contributed by atoms with Crippen molar-refractivity contribution in [2.45, 2.75) is 13.5 Å². The van der Waals surface area contributed by atoms with Gasteiger partial charge in [0, 0.05) is 11.8 Å². The van der Waals surface area contributed by atoms with Crippen molar-refractivity contribution in [3.05, 3.63) is 53.2 Å². The third-order valence-electron chi connectivity index (χ3n) is 2.34. The zero-order valence-electron chi connectivity index (χ0n) is 9.78. The molecule has 2 aromatic rings. The number of aromatic nitrogens is 1. The maximum Gasteiger partial charge on any atom is 0.166 e. The minimum absolute atomic E-state index is 0.0314. The minimum Gasteiger partial charge on any atom is -0.485 e. The van der Waals surface area contributed by atoms with Crippen LogP contribution in [0.15, 0.2) is 30.3 Å². The fourth-order valence-electron chi connectivity index (χ4n) is 1.54. The van der Waals surface area contributed by atoms with Crippen LogP contribution in [0.1, 0.15) is 11.3 Å². The number of rotatable bonds is 3. The second kappa shape index (κ2) is 5.00. The van der Waals surface area contributed by atoms with Crippen LogP contribution in [0.3, 0.4) is 0 Å². The van der Waals surface area contributed by atoms with Crippen LogP contribution in [0.2, 0.25) is 0 Å². The lowest BCUT2D eigenvalue weighted by atomic mass is 10.2. The van der Waals surface area contributed by atoms with E-state index in [9.17, 15) is 8.78 Å². The van der Waals surface area contributed by atoms with Gasteiger partial charge in [0.15, 0.2) is 11.6 Å². The first kappa shape index (κ1) is 12.3. The molecule has 2 N–H and O–H groups in total. The largest absolute Gasteiger partial charge is 0.485 e. The maximum atomic E-state index is 13.0. The lowest BCUT2D eigenvalue weighted by Gasteiger charge is -2.09. The van der Waals surface area contributed by atoms with Crippen molar-refractivity contribution in [3.8, 4) is 5.75 Å². The molecule has 0 spiro atoms. The maximum absolute atomic E-state index is 13.0. The van der Waals surface area contributed by atoms with E-state index in [1.54, 1.807) is 12.1 Å². The lowest BCUT2D eigenvalue weighted by Crippen LogP contribution is -2.02. The molecule has 0 aliphatic heterocycles. The summed E-state index contributed by atoms with van der Waals surface area (Å²) in [5, 5.41) is 0. The van der Waals surface area contributed by atoms with Crippen LogP contribution in [0.25, 0.3) is 0 Å². The number of aryl methyl sites for hydroxylation is 1. The minimum atomic E-state index is -0.636. The van der Waals surface area contributed by atoms with Gasteiger partial charge in [0.2, 0.25) is 0 Å². The van der Waals surface area contributed by atoms with Gasteiger partial charge in [0.05, 0.1) is 0 Å². The number of anilines is 1. The molecule has 0 aliphatic rings. The molecular weight excluding hydrogens is 238 g/mol. The van der Waals surface area contributed by atoms with Crippen molar-refractivity contribution in [3.63, 3.8) is 0 Å². The van der Waals surface area contributed by atoms with Gasteiger partial charge in [-0.15, -0.1) is 0 Å². The first-order valence-electron chi connectivity index (χ1n) is 5.35. The van der Waals surface area contributed by atoms with Crippen LogP contribution in [0.5, 0.6) is 5.75 Å². The van der Waals surface area contributed by atoms with Crippen molar-refractivity contribution in [2.24, 2.45) is 0 Å². The Morgan fingerprint density at radius 1 is 1.17 bits per heavy atom. The molecule has 18 heavy (non-hydrogen) atoms. The molecule has 94 valence electrons. The Morgan fingerprint density at radius 3 is 2.44 bits per heavy atom. The topological polar surface area (TPSA) is 48.1 Å². The Balaban J connectivity index is 2.11. The number of pyridine rings is 1. The van der Waals surface area contributed by atoms with E-state index in [2.05, 4.69) is 4.98 Å². The summed E-state index contributed by atoms with van der Waals surface area (Å²) in [4.78, 5) is 4.03. The van der Waals surface area contributed by atoms with Crippen molar-refractivity contribution in [1.29, 1.82) is 0 Å². The van der Waals surface area contributed by atoms with Gasteiger partial charge in [-0.3, -0.25) is 0 Å². The molecule has 0 fully saturated rings. The van der Waals surface area contributed by atoms with Gasteiger partial charge >= 0.3 is 0 Å². The second-order valence-corrected chi connectivity index (χ2v) is 3.90. The molecule has 0 saturated heterocycles. The highest BCUT2D eigenvalue weighted by molar-refractivity contribution is 5.46. The van der Waals surface area contributed by atoms with Gasteiger partial charge in [-0.1, -0.05) is 0 Å². The van der Waals surface area contributed by atoms with Crippen molar-refractivity contribution < 1.29 is 13.5 Å². The smallest absolute Gasteiger partial charge is 0.166 e. The second-order valence-electron chi connectivity index (χ2n) is 3.90. The average molecular weight is 250 g/mol. The summed E-state index contributed by atoms with van der Waals surface area (Å²) in [6, 6.07) is 6.65. The highest BCUT2D eigenvalue weighted by Gasteiger charge is 2.05. The lowest BCUT2D eigenvalue weighted by molar-refractivity contribution is 0.305. The summed E-state index contributed by atoms with van der Waals surface area (Å²) in [5.41, 5.74) is 6.83. The number of hydrogen-bond acceptors (Lipinski definition) is 3. The molecular formula is C13H12F2N2O. The summed E-state index contributed by atoms with van der Waals surface area (Å²) in [6.07, 6.45) is 0. The fraction of sp³-hybridized carbons (Fsp3) is 0.154. The first-order valence-corrected chi connectivity index (χ1v) is 5.35. The van der Waals surface area contributed by atoms with Crippen LogP contribution in [-0.2, 0) is 6.61 Å². The van der Waals surface area contributed by atoms with Gasteiger partial charge in [0.25, 0.3) is 0 Å². The Labute approximate surface area is 103 Å². The molecule has 0 saturated carbocycles. The third kappa shape index (κ3) is 2.94. The molecule has 2 rings (SSSR count). The quantitative estimate of drug-likeness (QED) is 0.911. The molecule has 0 bridgehead atoms.